The van der Waals surface area contributed by atoms with E-state index >= 15 is 0 Å². The van der Waals surface area contributed by atoms with Gasteiger partial charge in [-0.25, -0.2) is 13.8 Å². The summed E-state index contributed by atoms with van der Waals surface area (Å²) >= 11 is 0. The van der Waals surface area contributed by atoms with Gasteiger partial charge in [0.15, 0.2) is 16.4 Å². The average molecular weight is 601 g/mol. The highest BCUT2D eigenvalue weighted by Crippen LogP contribution is 2.37. The van der Waals surface area contributed by atoms with Gasteiger partial charge in [0.1, 0.15) is 18.0 Å². The quantitative estimate of drug-likeness (QED) is 0.154. The number of rotatable bonds is 15. The second-order valence-corrected chi connectivity index (χ2v) is 10.4. The number of nitro benzene ring substituents is 1. The maximum atomic E-state index is 13.8. The molecular formula is C28H32N4O9S. The molecular weight excluding hydrogens is 568 g/mol. The molecule has 1 amide bonds. The zero-order valence-corrected chi connectivity index (χ0v) is 24.4. The maximum Gasteiger partial charge on any atom is 0.289 e. The average Bonchev–Trinajstić information content (AvgIpc) is 2.99. The molecule has 0 bridgehead atoms. The summed E-state index contributed by atoms with van der Waals surface area (Å²) in [5.74, 6) is 0.685. The van der Waals surface area contributed by atoms with Crippen molar-refractivity contribution in [2.75, 3.05) is 38.3 Å². The van der Waals surface area contributed by atoms with Crippen LogP contribution in [0, 0.1) is 10.1 Å². The number of hydrogen-bond acceptors (Lipinski definition) is 10. The molecule has 0 aliphatic rings. The zero-order chi connectivity index (χ0) is 30.7. The van der Waals surface area contributed by atoms with Crippen LogP contribution in [-0.2, 0) is 14.8 Å². The molecule has 0 aliphatic heterocycles. The van der Waals surface area contributed by atoms with Crippen molar-refractivity contribution in [2.45, 2.75) is 25.2 Å². The highest BCUT2D eigenvalue weighted by atomic mass is 32.2. The number of carbonyl (C=O) groups excluding carboxylic acids is 1. The van der Waals surface area contributed by atoms with Crippen molar-refractivity contribution in [3.8, 4) is 23.0 Å². The Kier molecular flexibility index (Phi) is 11.1. The maximum absolute atomic E-state index is 13.8. The number of methoxy groups -OCH3 is 2. The summed E-state index contributed by atoms with van der Waals surface area (Å²) in [5, 5.41) is 15.6. The Morgan fingerprint density at radius 1 is 1.00 bits per heavy atom. The van der Waals surface area contributed by atoms with Crippen molar-refractivity contribution in [1.82, 2.24) is 5.43 Å². The first kappa shape index (κ1) is 31.7. The Bertz CT molecular complexity index is 1540. The molecule has 0 spiro atoms. The number of nitro groups is 1. The van der Waals surface area contributed by atoms with E-state index in [-0.39, 0.29) is 11.4 Å². The SMILES string of the molecule is CCCOc1ccc(/C=N\NC(=O)CN(c2ccc(OC)cc2OC)S(=O)(=O)c2ccccc2[N+](=O)[O-])cc1OCC. The van der Waals surface area contributed by atoms with E-state index in [1.54, 1.807) is 18.2 Å². The fourth-order valence-electron chi connectivity index (χ4n) is 3.78. The number of ether oxygens (including phenoxy) is 4. The summed E-state index contributed by atoms with van der Waals surface area (Å²) in [6, 6.07) is 14.3. The number of carbonyl (C=O) groups is 1. The largest absolute Gasteiger partial charge is 0.497 e. The van der Waals surface area contributed by atoms with E-state index in [0.29, 0.717) is 40.3 Å². The van der Waals surface area contributed by atoms with Crippen molar-refractivity contribution in [1.29, 1.82) is 0 Å². The molecule has 0 aliphatic carbocycles. The summed E-state index contributed by atoms with van der Waals surface area (Å²) in [6.07, 6.45) is 2.19. The van der Waals surface area contributed by atoms with Crippen LogP contribution in [0.1, 0.15) is 25.8 Å². The summed E-state index contributed by atoms with van der Waals surface area (Å²) in [6.45, 7) is 3.99. The molecule has 3 rings (SSSR count). The lowest BCUT2D eigenvalue weighted by Crippen LogP contribution is -2.40. The van der Waals surface area contributed by atoms with Crippen LogP contribution in [0.3, 0.4) is 0 Å². The highest BCUT2D eigenvalue weighted by Gasteiger charge is 2.34. The highest BCUT2D eigenvalue weighted by molar-refractivity contribution is 7.93. The third kappa shape index (κ3) is 7.66. The Hall–Kier alpha value is -4.85. The van der Waals surface area contributed by atoms with Crippen LogP contribution in [0.2, 0.25) is 0 Å². The zero-order valence-electron chi connectivity index (χ0n) is 23.6. The molecule has 1 N–H and O–H groups in total. The van der Waals surface area contributed by atoms with Crippen LogP contribution in [0.4, 0.5) is 11.4 Å². The third-order valence-corrected chi connectivity index (χ3v) is 7.51. The monoisotopic (exact) mass is 600 g/mol. The molecule has 0 heterocycles. The van der Waals surface area contributed by atoms with E-state index in [2.05, 4.69) is 10.5 Å². The number of hydrogen-bond donors (Lipinski definition) is 1. The molecule has 0 aromatic heterocycles. The lowest BCUT2D eigenvalue weighted by molar-refractivity contribution is -0.387. The van der Waals surface area contributed by atoms with Gasteiger partial charge in [0.2, 0.25) is 0 Å². The number of benzene rings is 3. The van der Waals surface area contributed by atoms with Crippen LogP contribution in [-0.4, -0.2) is 59.4 Å². The number of nitrogens with zero attached hydrogens (tertiary/aromatic N) is 3. The first-order chi connectivity index (χ1) is 20.2. The Labute approximate surface area is 243 Å². The predicted octanol–water partition coefficient (Wildman–Crippen LogP) is 4.15. The summed E-state index contributed by atoms with van der Waals surface area (Å²) in [5.41, 5.74) is 2.20. The van der Waals surface area contributed by atoms with Crippen molar-refractivity contribution in [2.24, 2.45) is 5.10 Å². The van der Waals surface area contributed by atoms with Gasteiger partial charge in [0.25, 0.3) is 21.6 Å². The third-order valence-electron chi connectivity index (χ3n) is 5.70. The Morgan fingerprint density at radius 3 is 2.43 bits per heavy atom. The van der Waals surface area contributed by atoms with Gasteiger partial charge in [0, 0.05) is 12.1 Å². The number of sulfonamides is 1. The topological polar surface area (TPSA) is 159 Å². The Balaban J connectivity index is 1.93. The smallest absolute Gasteiger partial charge is 0.289 e. The summed E-state index contributed by atoms with van der Waals surface area (Å²) in [4.78, 5) is 23.2. The lowest BCUT2D eigenvalue weighted by Gasteiger charge is -2.25. The van der Waals surface area contributed by atoms with Gasteiger partial charge in [-0.2, -0.15) is 5.10 Å². The van der Waals surface area contributed by atoms with E-state index in [1.807, 2.05) is 13.8 Å². The van der Waals surface area contributed by atoms with E-state index in [4.69, 9.17) is 18.9 Å². The fourth-order valence-corrected chi connectivity index (χ4v) is 5.38. The molecule has 3 aromatic carbocycles. The molecule has 13 nitrogen and oxygen atoms in total. The second kappa shape index (κ2) is 14.7. The van der Waals surface area contributed by atoms with Crippen LogP contribution in [0.15, 0.2) is 70.7 Å². The minimum Gasteiger partial charge on any atom is -0.497 e. The molecule has 0 unspecified atom stereocenters. The standard InChI is InChI=1S/C28H32N4O9S/c1-5-15-41-24-14-11-20(16-26(24)40-6-2)18-29-30-28(33)19-31(22-13-12-21(38-3)17-25(22)39-4)42(36,37)27-10-8-7-9-23(27)32(34)35/h7-14,16-18H,5-6,15,19H2,1-4H3,(H,30,33)/b29-18-. The lowest BCUT2D eigenvalue weighted by atomic mass is 10.2. The molecule has 0 saturated carbocycles. The number of anilines is 1. The number of para-hydroxylation sites is 1. The van der Waals surface area contributed by atoms with Crippen LogP contribution in [0.5, 0.6) is 23.0 Å². The first-order valence-electron chi connectivity index (χ1n) is 12.9. The van der Waals surface area contributed by atoms with Gasteiger partial charge in [-0.1, -0.05) is 19.1 Å². The number of hydrazone groups is 1. The molecule has 0 radical (unpaired) electrons. The van der Waals surface area contributed by atoms with E-state index in [0.717, 1.165) is 18.6 Å². The van der Waals surface area contributed by atoms with Crippen LogP contribution < -0.4 is 28.7 Å². The Morgan fingerprint density at radius 2 is 1.76 bits per heavy atom. The molecule has 224 valence electrons. The van der Waals surface area contributed by atoms with Gasteiger partial charge < -0.3 is 18.9 Å². The molecule has 42 heavy (non-hydrogen) atoms. The predicted molar refractivity (Wildman–Crippen MR) is 156 cm³/mol. The van der Waals surface area contributed by atoms with Crippen LogP contribution in [0.25, 0.3) is 0 Å². The van der Waals surface area contributed by atoms with Crippen molar-refractivity contribution >= 4 is 33.5 Å². The first-order valence-corrected chi connectivity index (χ1v) is 14.3. The van der Waals surface area contributed by atoms with E-state index in [9.17, 15) is 23.3 Å². The summed E-state index contributed by atoms with van der Waals surface area (Å²) in [7, 11) is -1.92. The van der Waals surface area contributed by atoms with Gasteiger partial charge in [0.05, 0.1) is 44.3 Å². The molecule has 0 atom stereocenters. The molecule has 3 aromatic rings. The normalized spacial score (nSPS) is 11.1. The van der Waals surface area contributed by atoms with Crippen molar-refractivity contribution < 1.29 is 37.1 Å². The minimum absolute atomic E-state index is 0.0420. The van der Waals surface area contributed by atoms with Crippen molar-refractivity contribution in [3.63, 3.8) is 0 Å². The van der Waals surface area contributed by atoms with Gasteiger partial charge in [-0.05, 0) is 55.3 Å². The van der Waals surface area contributed by atoms with Gasteiger partial charge in [-0.15, -0.1) is 0 Å². The molecule has 0 fully saturated rings. The van der Waals surface area contributed by atoms with E-state index < -0.39 is 38.0 Å². The fraction of sp³-hybridized carbons (Fsp3) is 0.286. The number of nitrogens with one attached hydrogen (secondary N) is 1. The summed E-state index contributed by atoms with van der Waals surface area (Å²) < 4.78 is 50.2. The second-order valence-electron chi connectivity index (χ2n) is 8.56. The van der Waals surface area contributed by atoms with Crippen LogP contribution >= 0.6 is 0 Å². The van der Waals surface area contributed by atoms with E-state index in [1.165, 1.54) is 50.8 Å². The minimum atomic E-state index is -4.65. The van der Waals surface area contributed by atoms with Crippen molar-refractivity contribution in [3.05, 3.63) is 76.3 Å². The van der Waals surface area contributed by atoms with Gasteiger partial charge >= 0.3 is 0 Å². The molecule has 0 saturated heterocycles. The number of amides is 1. The van der Waals surface area contributed by atoms with Gasteiger partial charge in [-0.3, -0.25) is 19.2 Å². The molecule has 14 heteroatoms.